The molecule has 112 valence electrons. The highest BCUT2D eigenvalue weighted by Crippen LogP contribution is 2.31. The van der Waals surface area contributed by atoms with Crippen LogP contribution >= 0.6 is 11.6 Å². The number of methoxy groups -OCH3 is 1. The van der Waals surface area contributed by atoms with E-state index in [1.807, 2.05) is 25.1 Å². The molecule has 2 rings (SSSR count). The van der Waals surface area contributed by atoms with E-state index in [4.69, 9.17) is 21.1 Å². The molecule has 0 radical (unpaired) electrons. The molecule has 0 aliphatic rings. The highest BCUT2D eigenvalue weighted by Gasteiger charge is 2.10. The van der Waals surface area contributed by atoms with Crippen molar-refractivity contribution in [1.82, 2.24) is 0 Å². The van der Waals surface area contributed by atoms with Gasteiger partial charge in [0.05, 0.1) is 18.7 Å². The Morgan fingerprint density at radius 3 is 2.71 bits per heavy atom. The summed E-state index contributed by atoms with van der Waals surface area (Å²) >= 11 is 5.66. The van der Waals surface area contributed by atoms with Crippen LogP contribution in [-0.4, -0.2) is 13.7 Å². The van der Waals surface area contributed by atoms with Crippen molar-refractivity contribution in [3.63, 3.8) is 0 Å². The molecule has 0 amide bonds. The molecule has 0 aliphatic carbocycles. The summed E-state index contributed by atoms with van der Waals surface area (Å²) in [5.74, 6) is 0.930. The molecule has 0 heterocycles. The Balaban J connectivity index is 2.15. The lowest BCUT2D eigenvalue weighted by molar-refractivity contribution is 0.309. The standard InChI is InChI=1S/C16H17ClFNO2/c1-3-21-15-6-4-5-11(16(15)20-2)10-19-12-7-8-13(17)14(18)9-12/h4-9,19H,3,10H2,1-2H3. The van der Waals surface area contributed by atoms with Gasteiger partial charge in [-0.05, 0) is 31.2 Å². The number of halogens is 2. The monoisotopic (exact) mass is 309 g/mol. The Labute approximate surface area is 128 Å². The van der Waals surface area contributed by atoms with Crippen LogP contribution in [0.5, 0.6) is 11.5 Å². The van der Waals surface area contributed by atoms with Crippen LogP contribution < -0.4 is 14.8 Å². The van der Waals surface area contributed by atoms with Crippen molar-refractivity contribution in [2.75, 3.05) is 19.0 Å². The summed E-state index contributed by atoms with van der Waals surface area (Å²) in [5.41, 5.74) is 1.58. The second-order valence-corrected chi connectivity index (χ2v) is 4.77. The molecule has 3 nitrogen and oxygen atoms in total. The summed E-state index contributed by atoms with van der Waals surface area (Å²) in [7, 11) is 1.60. The van der Waals surface area contributed by atoms with Gasteiger partial charge in [-0.15, -0.1) is 0 Å². The second kappa shape index (κ2) is 7.18. The Morgan fingerprint density at radius 1 is 1.24 bits per heavy atom. The van der Waals surface area contributed by atoms with Gasteiger partial charge in [0.15, 0.2) is 11.5 Å². The lowest BCUT2D eigenvalue weighted by Gasteiger charge is -2.14. The summed E-state index contributed by atoms with van der Waals surface area (Å²) in [6, 6.07) is 10.3. The van der Waals surface area contributed by atoms with Crippen LogP contribution in [0.3, 0.4) is 0 Å². The van der Waals surface area contributed by atoms with E-state index in [-0.39, 0.29) is 5.02 Å². The summed E-state index contributed by atoms with van der Waals surface area (Å²) in [4.78, 5) is 0. The number of para-hydroxylation sites is 1. The smallest absolute Gasteiger partial charge is 0.165 e. The number of hydrogen-bond donors (Lipinski definition) is 1. The van der Waals surface area contributed by atoms with Gasteiger partial charge in [-0.25, -0.2) is 4.39 Å². The van der Waals surface area contributed by atoms with Crippen LogP contribution in [0.15, 0.2) is 36.4 Å². The van der Waals surface area contributed by atoms with Gasteiger partial charge in [0, 0.05) is 17.8 Å². The van der Waals surface area contributed by atoms with E-state index in [0.717, 1.165) is 5.56 Å². The maximum atomic E-state index is 13.4. The molecule has 5 heteroatoms. The first kappa shape index (κ1) is 15.4. The number of anilines is 1. The van der Waals surface area contributed by atoms with Crippen molar-refractivity contribution in [2.24, 2.45) is 0 Å². The lowest BCUT2D eigenvalue weighted by Crippen LogP contribution is -2.04. The molecule has 0 fully saturated rings. The van der Waals surface area contributed by atoms with Gasteiger partial charge in [-0.2, -0.15) is 0 Å². The predicted octanol–water partition coefficient (Wildman–Crippen LogP) is 4.50. The zero-order chi connectivity index (χ0) is 15.2. The summed E-state index contributed by atoms with van der Waals surface area (Å²) in [6.45, 7) is 2.97. The molecule has 0 bridgehead atoms. The molecule has 2 aromatic carbocycles. The van der Waals surface area contributed by atoms with Gasteiger partial charge < -0.3 is 14.8 Å². The van der Waals surface area contributed by atoms with E-state index in [0.29, 0.717) is 30.3 Å². The van der Waals surface area contributed by atoms with Crippen LogP contribution in [0, 0.1) is 5.82 Å². The van der Waals surface area contributed by atoms with Crippen LogP contribution in [0.25, 0.3) is 0 Å². The zero-order valence-electron chi connectivity index (χ0n) is 12.0. The first-order valence-corrected chi connectivity index (χ1v) is 7.01. The maximum absolute atomic E-state index is 13.4. The van der Waals surface area contributed by atoms with Crippen LogP contribution in [0.1, 0.15) is 12.5 Å². The molecule has 0 aliphatic heterocycles. The lowest BCUT2D eigenvalue weighted by atomic mass is 10.1. The average Bonchev–Trinajstić information content (AvgIpc) is 2.49. The van der Waals surface area contributed by atoms with E-state index in [1.165, 1.54) is 12.1 Å². The van der Waals surface area contributed by atoms with Gasteiger partial charge >= 0.3 is 0 Å². The highest BCUT2D eigenvalue weighted by atomic mass is 35.5. The number of benzene rings is 2. The molecule has 21 heavy (non-hydrogen) atoms. The Kier molecular flexibility index (Phi) is 5.28. The highest BCUT2D eigenvalue weighted by molar-refractivity contribution is 6.30. The first-order valence-electron chi connectivity index (χ1n) is 6.63. The van der Waals surface area contributed by atoms with Gasteiger partial charge in [-0.1, -0.05) is 23.7 Å². The third-order valence-corrected chi connectivity index (χ3v) is 3.27. The number of nitrogens with one attached hydrogen (secondary N) is 1. The summed E-state index contributed by atoms with van der Waals surface area (Å²) in [5, 5.41) is 3.25. The minimum atomic E-state index is -0.448. The molecule has 2 aromatic rings. The molecule has 0 spiro atoms. The second-order valence-electron chi connectivity index (χ2n) is 4.36. The molecule has 0 aromatic heterocycles. The van der Waals surface area contributed by atoms with Crippen LogP contribution in [0.4, 0.5) is 10.1 Å². The molecule has 0 unspecified atom stereocenters. The topological polar surface area (TPSA) is 30.5 Å². The van der Waals surface area contributed by atoms with Crippen molar-refractivity contribution in [3.05, 3.63) is 52.8 Å². The fourth-order valence-electron chi connectivity index (χ4n) is 2.00. The van der Waals surface area contributed by atoms with Gasteiger partial charge in [0.25, 0.3) is 0 Å². The molecule has 1 N–H and O–H groups in total. The van der Waals surface area contributed by atoms with E-state index in [2.05, 4.69) is 5.32 Å². The van der Waals surface area contributed by atoms with E-state index >= 15 is 0 Å². The summed E-state index contributed by atoms with van der Waals surface area (Å²) < 4.78 is 24.3. The van der Waals surface area contributed by atoms with Crippen molar-refractivity contribution < 1.29 is 13.9 Å². The fraction of sp³-hybridized carbons (Fsp3) is 0.250. The Morgan fingerprint density at radius 2 is 2.05 bits per heavy atom. The molecular formula is C16H17ClFNO2. The number of rotatable bonds is 6. The van der Waals surface area contributed by atoms with Crippen molar-refractivity contribution >= 4 is 17.3 Å². The fourth-order valence-corrected chi connectivity index (χ4v) is 2.12. The molecule has 0 saturated carbocycles. The third kappa shape index (κ3) is 3.79. The van der Waals surface area contributed by atoms with Gasteiger partial charge in [-0.3, -0.25) is 0 Å². The van der Waals surface area contributed by atoms with Gasteiger partial charge in [0.1, 0.15) is 5.82 Å². The number of hydrogen-bond acceptors (Lipinski definition) is 3. The minimum Gasteiger partial charge on any atom is -0.493 e. The van der Waals surface area contributed by atoms with E-state index < -0.39 is 5.82 Å². The van der Waals surface area contributed by atoms with Gasteiger partial charge in [0.2, 0.25) is 0 Å². The SMILES string of the molecule is CCOc1cccc(CNc2ccc(Cl)c(F)c2)c1OC. The largest absolute Gasteiger partial charge is 0.493 e. The molecule has 0 atom stereocenters. The zero-order valence-corrected chi connectivity index (χ0v) is 12.7. The molecular weight excluding hydrogens is 293 g/mol. The molecule has 0 saturated heterocycles. The minimum absolute atomic E-state index is 0.108. The van der Waals surface area contributed by atoms with Crippen LogP contribution in [-0.2, 0) is 6.54 Å². The Hall–Kier alpha value is -1.94. The van der Waals surface area contributed by atoms with Crippen molar-refractivity contribution in [3.8, 4) is 11.5 Å². The quantitative estimate of drug-likeness (QED) is 0.852. The first-order chi connectivity index (χ1) is 10.2. The predicted molar refractivity (Wildman–Crippen MR) is 82.9 cm³/mol. The average molecular weight is 310 g/mol. The Bertz CT molecular complexity index is 619. The van der Waals surface area contributed by atoms with Crippen molar-refractivity contribution in [2.45, 2.75) is 13.5 Å². The normalized spacial score (nSPS) is 10.3. The van der Waals surface area contributed by atoms with Crippen LogP contribution in [0.2, 0.25) is 5.02 Å². The van der Waals surface area contributed by atoms with E-state index in [1.54, 1.807) is 13.2 Å². The summed E-state index contributed by atoms with van der Waals surface area (Å²) in [6.07, 6.45) is 0. The number of ether oxygens (including phenoxy) is 2. The maximum Gasteiger partial charge on any atom is 0.165 e. The van der Waals surface area contributed by atoms with E-state index in [9.17, 15) is 4.39 Å². The third-order valence-electron chi connectivity index (χ3n) is 2.97. The van der Waals surface area contributed by atoms with Crippen molar-refractivity contribution in [1.29, 1.82) is 0 Å².